The fourth-order valence-electron chi connectivity index (χ4n) is 4.03. The molecule has 1 saturated heterocycles. The minimum atomic E-state index is -0.00809. The van der Waals surface area contributed by atoms with Crippen LogP contribution in [0.2, 0.25) is 0 Å². The Bertz CT molecular complexity index is 1230. The van der Waals surface area contributed by atoms with Gasteiger partial charge in [-0.1, -0.05) is 23.8 Å². The Morgan fingerprint density at radius 2 is 1.84 bits per heavy atom. The van der Waals surface area contributed by atoms with Crippen LogP contribution < -0.4 is 4.90 Å². The van der Waals surface area contributed by atoms with E-state index in [9.17, 15) is 4.79 Å². The number of para-hydroxylation sites is 1. The summed E-state index contributed by atoms with van der Waals surface area (Å²) in [6, 6.07) is 12.3. The quantitative estimate of drug-likeness (QED) is 0.509. The van der Waals surface area contributed by atoms with Crippen LogP contribution in [-0.2, 0) is 0 Å². The molecule has 5 rings (SSSR count). The topological polar surface area (TPSA) is 80.3 Å². The molecule has 0 N–H and O–H groups in total. The fraction of sp³-hybridized carbons (Fsp3) is 0.304. The van der Waals surface area contributed by atoms with Gasteiger partial charge in [0.2, 0.25) is 0 Å². The first-order valence-corrected chi connectivity index (χ1v) is 10.5. The number of amides is 1. The molecule has 0 bridgehead atoms. The molecule has 0 spiro atoms. The Labute approximate surface area is 180 Å². The lowest BCUT2D eigenvalue weighted by Gasteiger charge is -2.22. The second kappa shape index (κ2) is 7.86. The number of anilines is 1. The number of rotatable bonds is 3. The van der Waals surface area contributed by atoms with Crippen molar-refractivity contribution in [2.24, 2.45) is 0 Å². The molecule has 0 saturated carbocycles. The number of fused-ring (bicyclic) bond motifs is 1. The van der Waals surface area contributed by atoms with Crippen LogP contribution in [0.5, 0.6) is 0 Å². The highest BCUT2D eigenvalue weighted by Gasteiger charge is 2.25. The highest BCUT2D eigenvalue weighted by Crippen LogP contribution is 2.25. The molecule has 4 aromatic rings. The zero-order valence-electron chi connectivity index (χ0n) is 17.7. The first kappa shape index (κ1) is 19.3. The van der Waals surface area contributed by atoms with Crippen LogP contribution in [0, 0.1) is 13.8 Å². The molecular formula is C23H24N6O2. The number of carbonyl (C=O) groups is 1. The van der Waals surface area contributed by atoms with Gasteiger partial charge in [-0.05, 0) is 44.0 Å². The molecule has 0 atom stereocenters. The van der Waals surface area contributed by atoms with Crippen molar-refractivity contribution in [3.05, 3.63) is 65.5 Å². The molecule has 0 aliphatic carbocycles. The van der Waals surface area contributed by atoms with Gasteiger partial charge in [-0.15, -0.1) is 0 Å². The molecule has 1 fully saturated rings. The van der Waals surface area contributed by atoms with Crippen molar-refractivity contribution in [3.8, 4) is 5.69 Å². The van der Waals surface area contributed by atoms with Crippen LogP contribution in [0.15, 0.2) is 53.2 Å². The molecule has 2 aromatic carbocycles. The van der Waals surface area contributed by atoms with Gasteiger partial charge in [-0.25, -0.2) is 0 Å². The number of hydrogen-bond donors (Lipinski definition) is 0. The number of aromatic nitrogens is 4. The van der Waals surface area contributed by atoms with E-state index in [1.54, 1.807) is 12.4 Å². The minimum Gasteiger partial charge on any atom is -0.423 e. The summed E-state index contributed by atoms with van der Waals surface area (Å²) in [4.78, 5) is 23.7. The third kappa shape index (κ3) is 3.65. The zero-order valence-corrected chi connectivity index (χ0v) is 17.7. The van der Waals surface area contributed by atoms with Crippen molar-refractivity contribution in [2.75, 3.05) is 31.1 Å². The monoisotopic (exact) mass is 416 g/mol. The highest BCUT2D eigenvalue weighted by atomic mass is 16.4. The molecule has 158 valence electrons. The van der Waals surface area contributed by atoms with Crippen molar-refractivity contribution in [1.82, 2.24) is 24.9 Å². The largest absolute Gasteiger partial charge is 0.423 e. The summed E-state index contributed by atoms with van der Waals surface area (Å²) in [7, 11) is 0. The normalized spacial score (nSPS) is 14.8. The predicted molar refractivity (Wildman–Crippen MR) is 118 cm³/mol. The lowest BCUT2D eigenvalue weighted by atomic mass is 10.1. The molecule has 1 aliphatic rings. The molecular weight excluding hydrogens is 392 g/mol. The van der Waals surface area contributed by atoms with Gasteiger partial charge >= 0.3 is 0 Å². The molecule has 0 radical (unpaired) electrons. The summed E-state index contributed by atoms with van der Waals surface area (Å²) in [5, 5.41) is 8.42. The molecule has 0 unspecified atom stereocenters. The van der Waals surface area contributed by atoms with E-state index in [4.69, 9.17) is 9.40 Å². The van der Waals surface area contributed by atoms with Crippen molar-refractivity contribution in [3.63, 3.8) is 0 Å². The maximum Gasteiger partial charge on any atom is 0.298 e. The molecule has 31 heavy (non-hydrogen) atoms. The van der Waals surface area contributed by atoms with Gasteiger partial charge in [-0.3, -0.25) is 4.79 Å². The smallest absolute Gasteiger partial charge is 0.298 e. The Morgan fingerprint density at radius 1 is 1.00 bits per heavy atom. The van der Waals surface area contributed by atoms with Gasteiger partial charge < -0.3 is 14.2 Å². The Morgan fingerprint density at radius 3 is 2.65 bits per heavy atom. The average Bonchev–Trinajstić information content (AvgIpc) is 3.39. The summed E-state index contributed by atoms with van der Waals surface area (Å²) in [6.45, 7) is 6.74. The number of aryl methyl sites for hydroxylation is 2. The van der Waals surface area contributed by atoms with E-state index in [2.05, 4.69) is 15.1 Å². The van der Waals surface area contributed by atoms with Crippen molar-refractivity contribution >= 4 is 23.0 Å². The number of nitrogens with zero attached hydrogens (tertiary/aromatic N) is 6. The summed E-state index contributed by atoms with van der Waals surface area (Å²) < 4.78 is 6.00. The third-order valence-corrected chi connectivity index (χ3v) is 5.68. The Hall–Kier alpha value is -3.68. The van der Waals surface area contributed by atoms with Crippen LogP contribution in [-0.4, -0.2) is 57.0 Å². The number of benzene rings is 2. The van der Waals surface area contributed by atoms with Gasteiger partial charge in [0, 0.05) is 26.2 Å². The molecule has 8 nitrogen and oxygen atoms in total. The van der Waals surface area contributed by atoms with Gasteiger partial charge in [0.25, 0.3) is 11.9 Å². The van der Waals surface area contributed by atoms with Crippen molar-refractivity contribution < 1.29 is 9.21 Å². The van der Waals surface area contributed by atoms with E-state index in [1.807, 2.05) is 55.1 Å². The van der Waals surface area contributed by atoms with Crippen LogP contribution in [0.25, 0.3) is 16.8 Å². The Balaban J connectivity index is 1.38. The van der Waals surface area contributed by atoms with E-state index < -0.39 is 0 Å². The van der Waals surface area contributed by atoms with Crippen LogP contribution >= 0.6 is 0 Å². The van der Waals surface area contributed by atoms with E-state index in [0.717, 1.165) is 35.2 Å². The van der Waals surface area contributed by atoms with E-state index >= 15 is 0 Å². The lowest BCUT2D eigenvalue weighted by Crippen LogP contribution is -2.36. The van der Waals surface area contributed by atoms with Crippen LogP contribution in [0.3, 0.4) is 0 Å². The van der Waals surface area contributed by atoms with E-state index in [1.165, 1.54) is 4.80 Å². The van der Waals surface area contributed by atoms with Gasteiger partial charge in [0.05, 0.1) is 23.6 Å². The second-order valence-electron chi connectivity index (χ2n) is 7.89. The van der Waals surface area contributed by atoms with Crippen molar-refractivity contribution in [2.45, 2.75) is 20.3 Å². The Kier molecular flexibility index (Phi) is 4.89. The maximum atomic E-state index is 13.4. The summed E-state index contributed by atoms with van der Waals surface area (Å²) in [6.07, 6.45) is 4.06. The van der Waals surface area contributed by atoms with Crippen molar-refractivity contribution in [1.29, 1.82) is 0 Å². The maximum absolute atomic E-state index is 13.4. The second-order valence-corrected chi connectivity index (χ2v) is 7.89. The molecule has 8 heteroatoms. The number of hydrogen-bond acceptors (Lipinski definition) is 6. The first-order chi connectivity index (χ1) is 15.1. The summed E-state index contributed by atoms with van der Waals surface area (Å²) in [5.41, 5.74) is 5.11. The minimum absolute atomic E-state index is 0.00809. The van der Waals surface area contributed by atoms with Gasteiger partial charge in [0.1, 0.15) is 5.52 Å². The fourth-order valence-corrected chi connectivity index (χ4v) is 4.03. The molecule has 1 amide bonds. The van der Waals surface area contributed by atoms with Crippen LogP contribution in [0.4, 0.5) is 6.01 Å². The van der Waals surface area contributed by atoms with Gasteiger partial charge in [0.15, 0.2) is 5.58 Å². The van der Waals surface area contributed by atoms with Crippen LogP contribution in [0.1, 0.15) is 27.9 Å². The zero-order chi connectivity index (χ0) is 21.4. The molecule has 2 aromatic heterocycles. The molecule has 3 heterocycles. The third-order valence-electron chi connectivity index (χ3n) is 5.68. The SMILES string of the molecule is Cc1ccc(-n2nccn2)c(C(=O)N2CCCN(c3nc4c(C)cccc4o3)CC2)c1. The highest BCUT2D eigenvalue weighted by molar-refractivity contribution is 5.98. The van der Waals surface area contributed by atoms with E-state index in [-0.39, 0.29) is 5.91 Å². The lowest BCUT2D eigenvalue weighted by molar-refractivity contribution is 0.0766. The summed E-state index contributed by atoms with van der Waals surface area (Å²) in [5.74, 6) is -0.00809. The predicted octanol–water partition coefficient (Wildman–Crippen LogP) is 3.38. The first-order valence-electron chi connectivity index (χ1n) is 10.5. The van der Waals surface area contributed by atoms with Gasteiger partial charge in [-0.2, -0.15) is 20.0 Å². The number of oxazole rings is 1. The summed E-state index contributed by atoms with van der Waals surface area (Å²) >= 11 is 0. The average molecular weight is 416 g/mol. The molecule has 1 aliphatic heterocycles. The number of carbonyl (C=O) groups excluding carboxylic acids is 1. The van der Waals surface area contributed by atoms with E-state index in [0.29, 0.717) is 36.9 Å². The standard InChI is InChI=1S/C23H24N6O2/c1-16-7-8-19(29-24-9-10-25-29)18(15-16)22(30)27-11-4-12-28(14-13-27)23-26-21-17(2)5-3-6-20(21)31-23/h3,5-10,15H,4,11-14H2,1-2H3.